The van der Waals surface area contributed by atoms with E-state index in [2.05, 4.69) is 215 Å². The number of ether oxygens (including phenoxy) is 1. The van der Waals surface area contributed by atoms with E-state index in [-0.39, 0.29) is 10.8 Å². The molecule has 0 saturated heterocycles. The van der Waals surface area contributed by atoms with Gasteiger partial charge in [0, 0.05) is 35.3 Å². The first-order valence-corrected chi connectivity index (χ1v) is 22.4. The van der Waals surface area contributed by atoms with Gasteiger partial charge in [0.15, 0.2) is 0 Å². The van der Waals surface area contributed by atoms with Crippen LogP contribution in [0.4, 0.5) is 17.1 Å². The number of nitrogens with zero attached hydrogens (tertiary/aromatic N) is 4. The van der Waals surface area contributed by atoms with Crippen molar-refractivity contribution in [3.63, 3.8) is 0 Å². The lowest BCUT2D eigenvalue weighted by Crippen LogP contribution is -2.29. The predicted molar refractivity (Wildman–Crippen MR) is 262 cm³/mol. The lowest BCUT2D eigenvalue weighted by molar-refractivity contribution is 0.306. The second-order valence-corrected chi connectivity index (χ2v) is 19.4. The second-order valence-electron chi connectivity index (χ2n) is 19.4. The number of fused-ring (bicyclic) bond motifs is 4. The summed E-state index contributed by atoms with van der Waals surface area (Å²) in [5.74, 6) is 2.21. The van der Waals surface area contributed by atoms with Gasteiger partial charge in [-0.15, -0.1) is 0 Å². The van der Waals surface area contributed by atoms with Crippen molar-refractivity contribution < 1.29 is 4.74 Å². The van der Waals surface area contributed by atoms with Gasteiger partial charge in [0.1, 0.15) is 18.2 Å². The van der Waals surface area contributed by atoms with Gasteiger partial charge in [0.2, 0.25) is 0 Å². The maximum atomic E-state index is 6.63. The molecule has 8 aromatic rings. The number of anilines is 3. The van der Waals surface area contributed by atoms with Crippen molar-refractivity contribution in [3.05, 3.63) is 180 Å². The van der Waals surface area contributed by atoms with Gasteiger partial charge < -0.3 is 14.5 Å². The van der Waals surface area contributed by atoms with Crippen LogP contribution in [0.2, 0.25) is 0 Å². The summed E-state index contributed by atoms with van der Waals surface area (Å²) in [7, 11) is 0. The first kappa shape index (κ1) is 41.0. The molecule has 314 valence electrons. The van der Waals surface area contributed by atoms with Crippen LogP contribution in [-0.2, 0) is 23.9 Å². The van der Waals surface area contributed by atoms with E-state index in [1.54, 1.807) is 0 Å². The van der Waals surface area contributed by atoms with Gasteiger partial charge in [0.05, 0.1) is 29.1 Å². The Balaban J connectivity index is 0.975. The van der Waals surface area contributed by atoms with E-state index in [1.165, 1.54) is 61.2 Å². The monoisotopic (exact) mass is 816 g/mol. The fourth-order valence-electron chi connectivity index (χ4n) is 9.24. The minimum atomic E-state index is 0.0113. The normalized spacial score (nSPS) is 13.1. The Kier molecular flexibility index (Phi) is 10.9. The lowest BCUT2D eigenvalue weighted by atomic mass is 9.86. The van der Waals surface area contributed by atoms with E-state index in [1.807, 2.05) is 6.20 Å². The summed E-state index contributed by atoms with van der Waals surface area (Å²) in [5.41, 5.74) is 15.4. The summed E-state index contributed by atoms with van der Waals surface area (Å²) >= 11 is 0. The third-order valence-electron chi connectivity index (χ3n) is 12.7. The van der Waals surface area contributed by atoms with Crippen molar-refractivity contribution in [1.82, 2.24) is 9.55 Å². The zero-order chi connectivity index (χ0) is 43.2. The summed E-state index contributed by atoms with van der Waals surface area (Å²) < 4.78 is 8.90. The summed E-state index contributed by atoms with van der Waals surface area (Å²) in [6.45, 7) is 20.5. The molecule has 0 unspecified atom stereocenters. The minimum Gasteiger partial charge on any atom is -0.489 e. The molecule has 0 bridgehead atoms. The molecule has 0 spiro atoms. The van der Waals surface area contributed by atoms with Crippen LogP contribution in [0.25, 0.3) is 38.8 Å². The highest BCUT2D eigenvalue weighted by Crippen LogP contribution is 2.44. The molecule has 6 aromatic carbocycles. The molecule has 3 heterocycles. The average molecular weight is 817 g/mol. The molecule has 62 heavy (non-hydrogen) atoms. The number of rotatable bonds is 11. The molecule has 9 rings (SSSR count). The largest absolute Gasteiger partial charge is 0.489 e. The van der Waals surface area contributed by atoms with Crippen molar-refractivity contribution >= 4 is 38.9 Å². The van der Waals surface area contributed by atoms with Gasteiger partial charge in [-0.3, -0.25) is 4.57 Å². The van der Waals surface area contributed by atoms with E-state index in [4.69, 9.17) is 9.72 Å². The maximum Gasteiger partial charge on any atom is 0.137 e. The Labute approximate surface area is 368 Å². The van der Waals surface area contributed by atoms with Crippen molar-refractivity contribution in [2.24, 2.45) is 0 Å². The number of benzene rings is 6. The molecule has 1 aliphatic rings. The fraction of sp³-hybridized carbons (Fsp3) is 0.281. The molecular weight excluding hydrogens is 757 g/mol. The number of hydrogen-bond donors (Lipinski definition) is 0. The quantitative estimate of drug-likeness (QED) is 0.130. The maximum absolute atomic E-state index is 6.63. The number of para-hydroxylation sites is 1. The molecular formula is C57H60N4O. The molecule has 0 saturated carbocycles. The summed E-state index contributed by atoms with van der Waals surface area (Å²) in [6.07, 6.45) is 4.02. The zero-order valence-corrected chi connectivity index (χ0v) is 37.7. The van der Waals surface area contributed by atoms with Crippen molar-refractivity contribution in [2.45, 2.75) is 91.6 Å². The summed E-state index contributed by atoms with van der Waals surface area (Å²) in [4.78, 5) is 9.94. The Bertz CT molecular complexity index is 2870. The predicted octanol–water partition coefficient (Wildman–Crippen LogP) is 14.7. The highest BCUT2D eigenvalue weighted by Gasteiger charge is 2.29. The van der Waals surface area contributed by atoms with Crippen LogP contribution >= 0.6 is 0 Å². The first-order valence-electron chi connectivity index (χ1n) is 22.4. The Morgan fingerprint density at radius 2 is 1.39 bits per heavy atom. The molecule has 0 atom stereocenters. The standard InChI is InChI=1S/C57H60N4O/c1-39(2)46-22-15-23-47(41-18-10-9-11-19-41)48(46)24-16-32-59-38-60(52-29-26-42(34-54(52)59)56(3,4)5)44-20-14-17-40(33-44)37-62-45-27-28-50-49-21-12-13-25-51(49)61(53(50)36-45)55-35-43(30-31-58-55)57(6,7)8/h9-15,17-23,25-31,33-36,39H,16,24,32,37-38H2,1-8H3. The van der Waals surface area contributed by atoms with Crippen LogP contribution in [0.5, 0.6) is 5.75 Å². The van der Waals surface area contributed by atoms with Crippen LogP contribution in [0.1, 0.15) is 95.5 Å². The van der Waals surface area contributed by atoms with E-state index in [0.29, 0.717) is 12.5 Å². The van der Waals surface area contributed by atoms with Gasteiger partial charge in [-0.2, -0.15) is 0 Å². The van der Waals surface area contributed by atoms with Crippen molar-refractivity contribution in [2.75, 3.05) is 23.0 Å². The van der Waals surface area contributed by atoms with Gasteiger partial charge in [0.25, 0.3) is 0 Å². The zero-order valence-electron chi connectivity index (χ0n) is 37.7. The van der Waals surface area contributed by atoms with Gasteiger partial charge in [-0.25, -0.2) is 4.98 Å². The molecule has 2 aromatic heterocycles. The van der Waals surface area contributed by atoms with Crippen LogP contribution in [0, 0.1) is 0 Å². The van der Waals surface area contributed by atoms with Crippen LogP contribution < -0.4 is 14.5 Å². The smallest absolute Gasteiger partial charge is 0.137 e. The molecule has 0 amide bonds. The van der Waals surface area contributed by atoms with E-state index < -0.39 is 0 Å². The molecule has 1 aliphatic heterocycles. The van der Waals surface area contributed by atoms with E-state index in [0.717, 1.165) is 54.2 Å². The van der Waals surface area contributed by atoms with Crippen molar-refractivity contribution in [1.29, 1.82) is 0 Å². The summed E-state index contributed by atoms with van der Waals surface area (Å²) in [6, 6.07) is 53.1. The highest BCUT2D eigenvalue weighted by atomic mass is 16.5. The molecule has 0 radical (unpaired) electrons. The Hall–Kier alpha value is -6.33. The van der Waals surface area contributed by atoms with E-state index >= 15 is 0 Å². The number of aromatic nitrogens is 2. The van der Waals surface area contributed by atoms with Crippen molar-refractivity contribution in [3.8, 4) is 22.7 Å². The van der Waals surface area contributed by atoms with Crippen LogP contribution in [-0.4, -0.2) is 22.8 Å². The third kappa shape index (κ3) is 8.09. The van der Waals surface area contributed by atoms with Gasteiger partial charge in [-0.05, 0) is 123 Å². The lowest BCUT2D eigenvalue weighted by Gasteiger charge is -2.24. The number of pyridine rings is 1. The molecule has 5 nitrogen and oxygen atoms in total. The second kappa shape index (κ2) is 16.5. The van der Waals surface area contributed by atoms with Gasteiger partial charge in [-0.1, -0.05) is 140 Å². The topological polar surface area (TPSA) is 33.5 Å². The molecule has 0 fully saturated rings. The third-order valence-corrected chi connectivity index (χ3v) is 12.7. The number of hydrogen-bond acceptors (Lipinski definition) is 4. The van der Waals surface area contributed by atoms with Gasteiger partial charge >= 0.3 is 0 Å². The first-order chi connectivity index (χ1) is 29.8. The highest BCUT2D eigenvalue weighted by molar-refractivity contribution is 6.09. The molecule has 0 aliphatic carbocycles. The average Bonchev–Trinajstić information content (AvgIpc) is 3.80. The molecule has 5 heteroatoms. The minimum absolute atomic E-state index is 0.0113. The Morgan fingerprint density at radius 3 is 2.18 bits per heavy atom. The molecule has 0 N–H and O–H groups in total. The summed E-state index contributed by atoms with van der Waals surface area (Å²) in [5, 5.41) is 2.39. The van der Waals surface area contributed by atoms with Crippen LogP contribution in [0.15, 0.2) is 152 Å². The van der Waals surface area contributed by atoms with E-state index in [9.17, 15) is 0 Å². The Morgan fingerprint density at radius 1 is 0.645 bits per heavy atom. The SMILES string of the molecule is CC(C)c1cccc(-c2ccccc2)c1CCCN1CN(c2cccc(COc3ccc4c5ccccc5n(-c5cc(C(C)(C)C)ccn5)c4c3)c2)c2ccc(C(C)(C)C)cc21. The van der Waals surface area contributed by atoms with Crippen LogP contribution in [0.3, 0.4) is 0 Å². The fourth-order valence-corrected chi connectivity index (χ4v) is 9.24.